The summed E-state index contributed by atoms with van der Waals surface area (Å²) < 4.78 is 0. The van der Waals surface area contributed by atoms with Crippen LogP contribution in [-0.4, -0.2) is 17.7 Å². The molecule has 0 bridgehead atoms. The molecule has 0 saturated carbocycles. The molecule has 9 heavy (non-hydrogen) atoms. The molecule has 0 aromatic rings. The molecule has 1 aliphatic heterocycles. The first-order valence-electron chi connectivity index (χ1n) is 3.16. The molecule has 0 aliphatic carbocycles. The van der Waals surface area contributed by atoms with E-state index >= 15 is 0 Å². The summed E-state index contributed by atoms with van der Waals surface area (Å²) in [4.78, 5) is 10.6. The second-order valence-electron chi connectivity index (χ2n) is 2.64. The van der Waals surface area contributed by atoms with Gasteiger partial charge in [0.25, 0.3) is 0 Å². The monoisotopic (exact) mass is 145 g/mol. The molecule has 0 aromatic carbocycles. The first-order valence-corrected chi connectivity index (χ1v) is 3.61. The summed E-state index contributed by atoms with van der Waals surface area (Å²) in [5.74, 6) is 0.631. The smallest absolute Gasteiger partial charge is 0.202 e. The first kappa shape index (κ1) is 7.09. The lowest BCUT2D eigenvalue weighted by molar-refractivity contribution is -0.112. The predicted octanol–water partition coefficient (Wildman–Crippen LogP) is 0.441. The van der Waals surface area contributed by atoms with Gasteiger partial charge < -0.3 is 5.32 Å². The number of thiol groups is 1. The van der Waals surface area contributed by atoms with Crippen LogP contribution in [0.1, 0.15) is 13.3 Å². The van der Waals surface area contributed by atoms with Crippen molar-refractivity contribution >= 4 is 17.7 Å². The molecule has 0 aromatic heterocycles. The molecule has 1 unspecified atom stereocenters. The fraction of sp³-hybridized carbons (Fsp3) is 0.833. The largest absolute Gasteiger partial charge is 0.306 e. The Bertz CT molecular complexity index is 126. The van der Waals surface area contributed by atoms with Crippen molar-refractivity contribution in [1.29, 1.82) is 0 Å². The minimum atomic E-state index is -0.0284. The van der Waals surface area contributed by atoms with Gasteiger partial charge in [-0.1, -0.05) is 6.92 Å². The lowest BCUT2D eigenvalue weighted by atomic mass is 10.1. The van der Waals surface area contributed by atoms with E-state index in [0.29, 0.717) is 5.92 Å². The summed E-state index contributed by atoms with van der Waals surface area (Å²) in [5.41, 5.74) is 0. The van der Waals surface area contributed by atoms with Crippen LogP contribution in [0.25, 0.3) is 0 Å². The van der Waals surface area contributed by atoms with Gasteiger partial charge in [0.1, 0.15) is 0 Å². The molecule has 3 heteroatoms. The van der Waals surface area contributed by atoms with E-state index < -0.39 is 0 Å². The Morgan fingerprint density at radius 1 is 1.78 bits per heavy atom. The fourth-order valence-corrected chi connectivity index (χ4v) is 1.30. The molecule has 0 amide bonds. The van der Waals surface area contributed by atoms with Gasteiger partial charge in [0, 0.05) is 0 Å². The third-order valence-electron chi connectivity index (χ3n) is 1.65. The molecule has 1 rings (SSSR count). The van der Waals surface area contributed by atoms with Crippen molar-refractivity contribution < 1.29 is 4.79 Å². The summed E-state index contributed by atoms with van der Waals surface area (Å²) in [6.45, 7) is 3.08. The third kappa shape index (κ3) is 1.69. The molecule has 1 aliphatic rings. The van der Waals surface area contributed by atoms with Gasteiger partial charge in [0.05, 0.1) is 6.04 Å². The normalized spacial score (nSPS) is 34.9. The zero-order valence-electron chi connectivity index (χ0n) is 5.42. The van der Waals surface area contributed by atoms with Gasteiger partial charge in [-0.05, 0) is 18.9 Å². The van der Waals surface area contributed by atoms with E-state index in [1.165, 1.54) is 0 Å². The van der Waals surface area contributed by atoms with E-state index in [4.69, 9.17) is 0 Å². The summed E-state index contributed by atoms with van der Waals surface area (Å²) in [6, 6.07) is 0.0170. The highest BCUT2D eigenvalue weighted by Gasteiger charge is 2.23. The van der Waals surface area contributed by atoms with Crippen molar-refractivity contribution in [3.05, 3.63) is 0 Å². The van der Waals surface area contributed by atoms with Crippen LogP contribution in [0, 0.1) is 5.92 Å². The molecule has 2 nitrogen and oxygen atoms in total. The summed E-state index contributed by atoms with van der Waals surface area (Å²) in [6.07, 6.45) is 0.947. The van der Waals surface area contributed by atoms with Gasteiger partial charge in [0.2, 0.25) is 5.12 Å². The van der Waals surface area contributed by atoms with Crippen molar-refractivity contribution in [1.82, 2.24) is 5.32 Å². The Morgan fingerprint density at radius 2 is 2.44 bits per heavy atom. The maximum atomic E-state index is 10.6. The molecule has 52 valence electrons. The predicted molar refractivity (Wildman–Crippen MR) is 39.6 cm³/mol. The topological polar surface area (TPSA) is 29.1 Å². The van der Waals surface area contributed by atoms with Crippen molar-refractivity contribution in [3.8, 4) is 0 Å². The van der Waals surface area contributed by atoms with Crippen molar-refractivity contribution in [2.24, 2.45) is 5.92 Å². The van der Waals surface area contributed by atoms with E-state index in [9.17, 15) is 4.79 Å². The number of nitrogens with one attached hydrogen (secondary N) is 1. The van der Waals surface area contributed by atoms with Crippen LogP contribution in [0.15, 0.2) is 0 Å². The van der Waals surface area contributed by atoms with Gasteiger partial charge in [-0.15, -0.1) is 12.6 Å². The number of rotatable bonds is 1. The third-order valence-corrected chi connectivity index (χ3v) is 1.96. The van der Waals surface area contributed by atoms with Crippen LogP contribution in [0.5, 0.6) is 0 Å². The van der Waals surface area contributed by atoms with Gasteiger partial charge in [-0.2, -0.15) is 0 Å². The molecular formula is C6H11NOS. The molecule has 1 heterocycles. The zero-order chi connectivity index (χ0) is 6.85. The average molecular weight is 145 g/mol. The Kier molecular flexibility index (Phi) is 2.13. The van der Waals surface area contributed by atoms with E-state index in [0.717, 1.165) is 13.0 Å². The van der Waals surface area contributed by atoms with E-state index in [1.807, 2.05) is 0 Å². The van der Waals surface area contributed by atoms with Crippen molar-refractivity contribution in [2.45, 2.75) is 19.4 Å². The number of hydrogen-bond donors (Lipinski definition) is 2. The maximum Gasteiger partial charge on any atom is 0.202 e. The quantitative estimate of drug-likeness (QED) is 0.524. The minimum Gasteiger partial charge on any atom is -0.306 e. The van der Waals surface area contributed by atoms with Crippen LogP contribution in [0.2, 0.25) is 0 Å². The highest BCUT2D eigenvalue weighted by Crippen LogP contribution is 2.13. The van der Waals surface area contributed by atoms with Gasteiger partial charge in [-0.3, -0.25) is 4.79 Å². The molecule has 1 N–H and O–H groups in total. The molecular weight excluding hydrogens is 134 g/mol. The number of carbonyl (C=O) groups is 1. The van der Waals surface area contributed by atoms with E-state index in [2.05, 4.69) is 24.9 Å². The summed E-state index contributed by atoms with van der Waals surface area (Å²) in [5, 5.41) is 3.05. The SMILES string of the molecule is CC1CN[C@H](C(=O)S)C1. The Labute approximate surface area is 60.4 Å². The van der Waals surface area contributed by atoms with E-state index in [1.54, 1.807) is 0 Å². The lowest BCUT2D eigenvalue weighted by Gasteiger charge is -2.01. The lowest BCUT2D eigenvalue weighted by Crippen LogP contribution is -2.26. The van der Waals surface area contributed by atoms with Crippen LogP contribution in [-0.2, 0) is 4.79 Å². The summed E-state index contributed by atoms with van der Waals surface area (Å²) in [7, 11) is 0. The highest BCUT2D eigenvalue weighted by molar-refractivity contribution is 7.96. The van der Waals surface area contributed by atoms with Gasteiger partial charge in [0.15, 0.2) is 0 Å². The second-order valence-corrected chi connectivity index (χ2v) is 3.08. The van der Waals surface area contributed by atoms with Crippen LogP contribution in [0.4, 0.5) is 0 Å². The number of hydrogen-bond acceptors (Lipinski definition) is 2. The molecule has 0 spiro atoms. The van der Waals surface area contributed by atoms with Crippen molar-refractivity contribution in [3.63, 3.8) is 0 Å². The van der Waals surface area contributed by atoms with Crippen molar-refractivity contribution in [2.75, 3.05) is 6.54 Å². The molecule has 1 fully saturated rings. The fourth-order valence-electron chi connectivity index (χ4n) is 1.10. The maximum absolute atomic E-state index is 10.6. The molecule has 0 radical (unpaired) electrons. The van der Waals surface area contributed by atoms with Crippen LogP contribution >= 0.6 is 12.6 Å². The first-order chi connectivity index (χ1) is 4.20. The summed E-state index contributed by atoms with van der Waals surface area (Å²) >= 11 is 3.73. The van der Waals surface area contributed by atoms with Gasteiger partial charge >= 0.3 is 0 Å². The zero-order valence-corrected chi connectivity index (χ0v) is 6.32. The molecule has 2 atom stereocenters. The van der Waals surface area contributed by atoms with Gasteiger partial charge in [-0.25, -0.2) is 0 Å². The Balaban J connectivity index is 2.39. The van der Waals surface area contributed by atoms with Crippen LogP contribution < -0.4 is 5.32 Å². The Hall–Kier alpha value is -0.0200. The second kappa shape index (κ2) is 2.71. The minimum absolute atomic E-state index is 0.0170. The highest BCUT2D eigenvalue weighted by atomic mass is 32.1. The standard InChI is InChI=1S/C6H11NOS/c1-4-2-5(6(8)9)7-3-4/h4-5,7H,2-3H2,1H3,(H,8,9)/t4?,5-/m0/s1. The Morgan fingerprint density at radius 3 is 2.67 bits per heavy atom. The number of carbonyl (C=O) groups excluding carboxylic acids is 1. The average Bonchev–Trinajstić information content (AvgIpc) is 2.14. The van der Waals surface area contributed by atoms with Crippen LogP contribution in [0.3, 0.4) is 0 Å². The molecule has 1 saturated heterocycles. The van der Waals surface area contributed by atoms with E-state index in [-0.39, 0.29) is 11.2 Å².